The Morgan fingerprint density at radius 2 is 2.00 bits per heavy atom. The second-order valence-corrected chi connectivity index (χ2v) is 8.62. The summed E-state index contributed by atoms with van der Waals surface area (Å²) in [5.41, 5.74) is 1.89. The van der Waals surface area contributed by atoms with E-state index >= 15 is 0 Å². The third-order valence-corrected chi connectivity index (χ3v) is 6.48. The molecule has 1 aliphatic heterocycles. The molecule has 1 N–H and O–H groups in total. The summed E-state index contributed by atoms with van der Waals surface area (Å²) < 4.78 is 17.7. The molecule has 1 aromatic carbocycles. The lowest BCUT2D eigenvalue weighted by atomic mass is 9.91. The van der Waals surface area contributed by atoms with Gasteiger partial charge in [-0.25, -0.2) is 0 Å². The Labute approximate surface area is 183 Å². The fourth-order valence-corrected chi connectivity index (χ4v) is 4.65. The normalized spacial score (nSPS) is 22.2. The Morgan fingerprint density at radius 1 is 1.19 bits per heavy atom. The van der Waals surface area contributed by atoms with E-state index in [0.717, 1.165) is 35.8 Å². The molecule has 4 rings (SSSR count). The van der Waals surface area contributed by atoms with Gasteiger partial charge in [-0.15, -0.1) is 0 Å². The molecule has 1 amide bonds. The van der Waals surface area contributed by atoms with Gasteiger partial charge in [0, 0.05) is 43.0 Å². The molecule has 0 saturated heterocycles. The Morgan fingerprint density at radius 3 is 2.81 bits per heavy atom. The van der Waals surface area contributed by atoms with Crippen molar-refractivity contribution in [2.45, 2.75) is 69.6 Å². The van der Waals surface area contributed by atoms with Crippen molar-refractivity contribution in [3.63, 3.8) is 0 Å². The number of furan rings is 1. The van der Waals surface area contributed by atoms with E-state index in [9.17, 15) is 4.79 Å². The fourth-order valence-electron chi connectivity index (χ4n) is 4.65. The SMILES string of the molecule is CN(C(=O)C1=C[C@H](c2coc3ccccc23)C[C@H](OCCCCO)O1)C1CCCCC1. The van der Waals surface area contributed by atoms with E-state index in [-0.39, 0.29) is 24.5 Å². The molecule has 0 unspecified atom stereocenters. The number of unbranched alkanes of at least 4 members (excludes halogenated alkanes) is 1. The third kappa shape index (κ3) is 5.13. The summed E-state index contributed by atoms with van der Waals surface area (Å²) in [7, 11) is 1.89. The van der Waals surface area contributed by atoms with Crippen molar-refractivity contribution in [3.05, 3.63) is 47.9 Å². The quantitative estimate of drug-likeness (QED) is 0.617. The maximum atomic E-state index is 13.3. The van der Waals surface area contributed by atoms with Gasteiger partial charge in [0.1, 0.15) is 5.58 Å². The van der Waals surface area contributed by atoms with Gasteiger partial charge < -0.3 is 23.9 Å². The number of fused-ring (bicyclic) bond motifs is 1. The molecule has 2 atom stereocenters. The van der Waals surface area contributed by atoms with Crippen LogP contribution in [-0.2, 0) is 14.3 Å². The van der Waals surface area contributed by atoms with E-state index in [0.29, 0.717) is 25.2 Å². The maximum Gasteiger partial charge on any atom is 0.288 e. The number of benzene rings is 1. The van der Waals surface area contributed by atoms with Crippen molar-refractivity contribution in [1.82, 2.24) is 4.90 Å². The highest BCUT2D eigenvalue weighted by Crippen LogP contribution is 2.37. The van der Waals surface area contributed by atoms with Crippen molar-refractivity contribution in [2.24, 2.45) is 0 Å². The summed E-state index contributed by atoms with van der Waals surface area (Å²) in [6.45, 7) is 0.637. The van der Waals surface area contributed by atoms with Crippen LogP contribution in [0.2, 0.25) is 0 Å². The Kier molecular flexibility index (Phi) is 7.30. The smallest absolute Gasteiger partial charge is 0.288 e. The van der Waals surface area contributed by atoms with Gasteiger partial charge in [-0.05, 0) is 37.8 Å². The van der Waals surface area contributed by atoms with E-state index in [1.165, 1.54) is 19.3 Å². The maximum absolute atomic E-state index is 13.3. The number of carbonyl (C=O) groups is 1. The second kappa shape index (κ2) is 10.3. The van der Waals surface area contributed by atoms with Crippen molar-refractivity contribution in [3.8, 4) is 0 Å². The fraction of sp³-hybridized carbons (Fsp3) is 0.560. The first-order chi connectivity index (χ1) is 15.2. The van der Waals surface area contributed by atoms with Gasteiger partial charge in [0.15, 0.2) is 5.76 Å². The van der Waals surface area contributed by atoms with E-state index in [1.54, 1.807) is 6.26 Å². The minimum absolute atomic E-state index is 0.0288. The molecule has 0 radical (unpaired) electrons. The summed E-state index contributed by atoms with van der Waals surface area (Å²) in [5.74, 6) is 0.258. The monoisotopic (exact) mass is 427 g/mol. The topological polar surface area (TPSA) is 72.1 Å². The van der Waals surface area contributed by atoms with Crippen LogP contribution in [0.1, 0.15) is 62.8 Å². The molecule has 6 heteroatoms. The first-order valence-electron chi connectivity index (χ1n) is 11.5. The van der Waals surface area contributed by atoms with E-state index in [1.807, 2.05) is 42.3 Å². The predicted octanol–water partition coefficient (Wildman–Crippen LogP) is 4.73. The largest absolute Gasteiger partial charge is 0.464 e. The molecule has 1 aromatic heterocycles. The van der Waals surface area contributed by atoms with E-state index in [2.05, 4.69) is 0 Å². The molecule has 2 heterocycles. The molecule has 1 saturated carbocycles. The lowest BCUT2D eigenvalue weighted by Gasteiger charge is -2.34. The number of hydrogen-bond acceptors (Lipinski definition) is 5. The number of aliphatic hydroxyl groups is 1. The predicted molar refractivity (Wildman–Crippen MR) is 118 cm³/mol. The number of allylic oxidation sites excluding steroid dienone is 1. The van der Waals surface area contributed by atoms with Crippen molar-refractivity contribution in [1.29, 1.82) is 0 Å². The molecular formula is C25H33NO5. The summed E-state index contributed by atoms with van der Waals surface area (Å²) in [6, 6.07) is 8.22. The Bertz CT molecular complexity index is 898. The molecule has 2 aromatic rings. The summed E-state index contributed by atoms with van der Waals surface area (Å²) >= 11 is 0. The zero-order chi connectivity index (χ0) is 21.6. The number of likely N-dealkylation sites (N-methyl/N-ethyl adjacent to an activating group) is 1. The molecule has 1 aliphatic carbocycles. The van der Waals surface area contributed by atoms with Gasteiger partial charge in [0.25, 0.3) is 5.91 Å². The second-order valence-electron chi connectivity index (χ2n) is 8.62. The number of rotatable bonds is 8. The van der Waals surface area contributed by atoms with Crippen LogP contribution < -0.4 is 0 Å². The molecule has 0 bridgehead atoms. The highest BCUT2D eigenvalue weighted by Gasteiger charge is 2.33. The van der Waals surface area contributed by atoms with Crippen LogP contribution >= 0.6 is 0 Å². The average Bonchev–Trinajstić information content (AvgIpc) is 3.25. The molecule has 2 aliphatic rings. The van der Waals surface area contributed by atoms with Crippen LogP contribution in [0.5, 0.6) is 0 Å². The molecule has 6 nitrogen and oxygen atoms in total. The molecular weight excluding hydrogens is 394 g/mol. The third-order valence-electron chi connectivity index (χ3n) is 6.48. The van der Waals surface area contributed by atoms with E-state index in [4.69, 9.17) is 19.0 Å². The van der Waals surface area contributed by atoms with Gasteiger partial charge in [0.05, 0.1) is 12.9 Å². The molecule has 31 heavy (non-hydrogen) atoms. The lowest BCUT2D eigenvalue weighted by molar-refractivity contribution is -0.153. The highest BCUT2D eigenvalue weighted by molar-refractivity contribution is 5.92. The number of amides is 1. The van der Waals surface area contributed by atoms with Crippen LogP contribution in [0.3, 0.4) is 0 Å². The zero-order valence-corrected chi connectivity index (χ0v) is 18.3. The van der Waals surface area contributed by atoms with Crippen LogP contribution in [-0.4, -0.2) is 48.5 Å². The van der Waals surface area contributed by atoms with Gasteiger partial charge in [0.2, 0.25) is 6.29 Å². The van der Waals surface area contributed by atoms with Gasteiger partial charge in [-0.3, -0.25) is 4.79 Å². The average molecular weight is 428 g/mol. The molecule has 168 valence electrons. The lowest BCUT2D eigenvalue weighted by Crippen LogP contribution is -2.41. The molecule has 0 spiro atoms. The number of para-hydroxylation sites is 1. The van der Waals surface area contributed by atoms with Crippen molar-refractivity contribution < 1.29 is 23.8 Å². The Hall–Kier alpha value is -2.31. The minimum atomic E-state index is -0.499. The van der Waals surface area contributed by atoms with Crippen molar-refractivity contribution >= 4 is 16.9 Å². The summed E-state index contributed by atoms with van der Waals surface area (Å²) in [6.07, 6.45) is 11.0. The number of nitrogens with zero attached hydrogens (tertiary/aromatic N) is 1. The first-order valence-corrected chi connectivity index (χ1v) is 11.5. The van der Waals surface area contributed by atoms with Crippen LogP contribution in [0, 0.1) is 0 Å². The molecule has 1 fully saturated rings. The number of carbonyl (C=O) groups excluding carboxylic acids is 1. The first kappa shape index (κ1) is 21.9. The highest BCUT2D eigenvalue weighted by atomic mass is 16.7. The van der Waals surface area contributed by atoms with Gasteiger partial charge in [-0.2, -0.15) is 0 Å². The Balaban J connectivity index is 1.56. The van der Waals surface area contributed by atoms with Gasteiger partial charge in [-0.1, -0.05) is 37.5 Å². The standard InChI is InChI=1S/C25H33NO5/c1-26(19-9-3-2-4-10-19)25(28)23-15-18(16-24(31-23)29-14-8-7-13-27)21-17-30-22-12-6-5-11-20(21)22/h5-6,11-12,15,17-19,24,27H,2-4,7-10,13-14,16H2,1H3/t18-,24+/m0/s1. The zero-order valence-electron chi connectivity index (χ0n) is 18.3. The van der Waals surface area contributed by atoms with Crippen LogP contribution in [0.25, 0.3) is 11.0 Å². The number of aliphatic hydroxyl groups excluding tert-OH is 1. The van der Waals surface area contributed by atoms with Crippen molar-refractivity contribution in [2.75, 3.05) is 20.3 Å². The van der Waals surface area contributed by atoms with Crippen LogP contribution in [0.4, 0.5) is 0 Å². The summed E-state index contributed by atoms with van der Waals surface area (Å²) in [4.78, 5) is 15.2. The number of ether oxygens (including phenoxy) is 2. The van der Waals surface area contributed by atoms with Gasteiger partial charge >= 0.3 is 0 Å². The van der Waals surface area contributed by atoms with Crippen LogP contribution in [0.15, 0.2) is 46.8 Å². The number of hydrogen-bond donors (Lipinski definition) is 1. The minimum Gasteiger partial charge on any atom is -0.464 e. The van der Waals surface area contributed by atoms with E-state index < -0.39 is 6.29 Å². The summed E-state index contributed by atoms with van der Waals surface area (Å²) in [5, 5.41) is 10.1.